The van der Waals surface area contributed by atoms with Crippen LogP contribution in [-0.2, 0) is 6.54 Å². The van der Waals surface area contributed by atoms with E-state index >= 15 is 0 Å². The van der Waals surface area contributed by atoms with E-state index in [-0.39, 0.29) is 35.2 Å². The molecule has 0 radical (unpaired) electrons. The molecule has 2 rings (SSSR count). The Kier molecular flexibility index (Phi) is 9.47. The lowest BCUT2D eigenvalue weighted by Crippen LogP contribution is -2.14. The van der Waals surface area contributed by atoms with Gasteiger partial charge in [0.1, 0.15) is 0 Å². The van der Waals surface area contributed by atoms with Crippen molar-refractivity contribution in [1.29, 1.82) is 0 Å². The Morgan fingerprint density at radius 2 is 1.75 bits per heavy atom. The molecule has 0 fully saturated rings. The van der Waals surface area contributed by atoms with Crippen molar-refractivity contribution >= 4 is 24.0 Å². The number of hydrogen-bond donors (Lipinski definition) is 2. The lowest BCUT2D eigenvalue weighted by molar-refractivity contribution is -0.0526. The summed E-state index contributed by atoms with van der Waals surface area (Å²) in [5.41, 5.74) is 1.81. The maximum atomic E-state index is 12.6. The number of hydrogen-bond acceptors (Lipinski definition) is 5. The summed E-state index contributed by atoms with van der Waals surface area (Å²) in [4.78, 5) is 12.6. The van der Waals surface area contributed by atoms with Crippen molar-refractivity contribution in [2.24, 2.45) is 0 Å². The fourth-order valence-corrected chi connectivity index (χ4v) is 2.45. The Balaban J connectivity index is 0.00000392. The van der Waals surface area contributed by atoms with Gasteiger partial charge in [-0.05, 0) is 36.4 Å². The van der Waals surface area contributed by atoms with Gasteiger partial charge in [0.05, 0.1) is 14.2 Å². The summed E-state index contributed by atoms with van der Waals surface area (Å²) in [7, 11) is 2.58. The number of alkyl halides is 2. The maximum Gasteiger partial charge on any atom is 0.387 e. The molecule has 0 saturated heterocycles. The van der Waals surface area contributed by atoms with Crippen LogP contribution in [0.2, 0.25) is 0 Å². The van der Waals surface area contributed by atoms with Crippen LogP contribution in [0.4, 0.5) is 14.5 Å². The molecule has 0 atom stereocenters. The molecule has 2 N–H and O–H groups in total. The zero-order chi connectivity index (χ0) is 19.8. The zero-order valence-corrected chi connectivity index (χ0v) is 16.6. The van der Waals surface area contributed by atoms with Crippen molar-refractivity contribution in [3.63, 3.8) is 0 Å². The van der Waals surface area contributed by atoms with Gasteiger partial charge < -0.3 is 24.8 Å². The van der Waals surface area contributed by atoms with Crippen LogP contribution in [0, 0.1) is 0 Å². The summed E-state index contributed by atoms with van der Waals surface area (Å²) in [6, 6.07) is 10.0. The van der Waals surface area contributed by atoms with Crippen LogP contribution in [0.5, 0.6) is 17.2 Å². The van der Waals surface area contributed by atoms with E-state index in [1.165, 1.54) is 26.4 Å². The average Bonchev–Trinajstić information content (AvgIpc) is 2.66. The second kappa shape index (κ2) is 11.3. The second-order valence-corrected chi connectivity index (χ2v) is 5.52. The summed E-state index contributed by atoms with van der Waals surface area (Å²) < 4.78 is 39.8. The standard InChI is InChI=1S/C19H22F2N2O4.ClH/c1-4-22-11-12-6-5-7-14(8-12)23-18(24)13-9-15(25-2)17(27-19(20)21)16(10-13)26-3;/h5-10,19,22H,4,11H2,1-3H3,(H,23,24);1H. The molecule has 0 saturated carbocycles. The molecule has 9 heteroatoms. The topological polar surface area (TPSA) is 68.8 Å². The van der Waals surface area contributed by atoms with Crippen LogP contribution < -0.4 is 24.8 Å². The van der Waals surface area contributed by atoms with Gasteiger partial charge in [-0.1, -0.05) is 19.1 Å². The van der Waals surface area contributed by atoms with Crippen molar-refractivity contribution in [2.45, 2.75) is 20.1 Å². The number of carbonyl (C=O) groups excluding carboxylic acids is 1. The largest absolute Gasteiger partial charge is 0.493 e. The van der Waals surface area contributed by atoms with E-state index in [0.717, 1.165) is 12.1 Å². The lowest BCUT2D eigenvalue weighted by atomic mass is 10.1. The molecule has 0 spiro atoms. The highest BCUT2D eigenvalue weighted by Crippen LogP contribution is 2.39. The Morgan fingerprint density at radius 1 is 1.11 bits per heavy atom. The normalized spacial score (nSPS) is 10.2. The predicted molar refractivity (Wildman–Crippen MR) is 105 cm³/mol. The lowest BCUT2D eigenvalue weighted by Gasteiger charge is -2.15. The third kappa shape index (κ3) is 6.24. The Bertz CT molecular complexity index is 765. The average molecular weight is 417 g/mol. The number of halogens is 3. The van der Waals surface area contributed by atoms with Gasteiger partial charge in [0.15, 0.2) is 11.5 Å². The second-order valence-electron chi connectivity index (χ2n) is 5.52. The smallest absolute Gasteiger partial charge is 0.387 e. The highest BCUT2D eigenvalue weighted by Gasteiger charge is 2.20. The number of carbonyl (C=O) groups is 1. The first kappa shape index (κ1) is 23.5. The summed E-state index contributed by atoms with van der Waals surface area (Å²) in [5, 5.41) is 5.98. The highest BCUT2D eigenvalue weighted by molar-refractivity contribution is 6.05. The van der Waals surface area contributed by atoms with Gasteiger partial charge in [0.2, 0.25) is 5.75 Å². The molecule has 154 valence electrons. The SMILES string of the molecule is CCNCc1cccc(NC(=O)c2cc(OC)c(OC(F)F)c(OC)c2)c1.Cl. The van der Waals surface area contributed by atoms with E-state index in [9.17, 15) is 13.6 Å². The van der Waals surface area contributed by atoms with E-state index in [0.29, 0.717) is 12.2 Å². The summed E-state index contributed by atoms with van der Waals surface area (Å²) in [6.45, 7) is 0.477. The molecule has 0 unspecified atom stereocenters. The molecule has 0 heterocycles. The van der Waals surface area contributed by atoms with Crippen molar-refractivity contribution in [3.8, 4) is 17.2 Å². The number of methoxy groups -OCH3 is 2. The molecule has 0 bridgehead atoms. The van der Waals surface area contributed by atoms with E-state index in [1.54, 1.807) is 6.07 Å². The third-order valence-corrected chi connectivity index (χ3v) is 3.69. The molecule has 2 aromatic rings. The molecule has 0 aliphatic heterocycles. The van der Waals surface area contributed by atoms with Crippen LogP contribution in [-0.4, -0.2) is 33.3 Å². The van der Waals surface area contributed by atoms with Crippen molar-refractivity contribution in [1.82, 2.24) is 5.32 Å². The number of amides is 1. The Morgan fingerprint density at radius 3 is 2.29 bits per heavy atom. The van der Waals surface area contributed by atoms with Crippen molar-refractivity contribution < 1.29 is 27.8 Å². The molecule has 0 aromatic heterocycles. The molecule has 2 aromatic carbocycles. The molecular formula is C19H23ClF2N2O4. The van der Waals surface area contributed by atoms with Crippen LogP contribution in [0.15, 0.2) is 36.4 Å². The maximum absolute atomic E-state index is 12.6. The number of nitrogens with one attached hydrogen (secondary N) is 2. The number of benzene rings is 2. The first-order chi connectivity index (χ1) is 13.0. The van der Waals surface area contributed by atoms with Gasteiger partial charge in [0, 0.05) is 17.8 Å². The highest BCUT2D eigenvalue weighted by atomic mass is 35.5. The molecule has 6 nitrogen and oxygen atoms in total. The van der Waals surface area contributed by atoms with Gasteiger partial charge in [-0.25, -0.2) is 0 Å². The van der Waals surface area contributed by atoms with Crippen LogP contribution in [0.1, 0.15) is 22.8 Å². The van der Waals surface area contributed by atoms with Gasteiger partial charge in [-0.3, -0.25) is 4.79 Å². The number of anilines is 1. The van der Waals surface area contributed by atoms with E-state index in [2.05, 4.69) is 15.4 Å². The van der Waals surface area contributed by atoms with E-state index < -0.39 is 12.5 Å². The van der Waals surface area contributed by atoms with Crippen molar-refractivity contribution in [3.05, 3.63) is 47.5 Å². The molecule has 0 aliphatic carbocycles. The minimum Gasteiger partial charge on any atom is -0.493 e. The van der Waals surface area contributed by atoms with Gasteiger partial charge in [-0.15, -0.1) is 12.4 Å². The fourth-order valence-electron chi connectivity index (χ4n) is 2.45. The van der Waals surface area contributed by atoms with E-state index in [1.807, 2.05) is 25.1 Å². The zero-order valence-electron chi connectivity index (χ0n) is 15.8. The van der Waals surface area contributed by atoms with Gasteiger partial charge >= 0.3 is 6.61 Å². The Labute approximate surface area is 168 Å². The first-order valence-electron chi connectivity index (χ1n) is 8.30. The molecule has 1 amide bonds. The Hall–Kier alpha value is -2.58. The first-order valence-corrected chi connectivity index (χ1v) is 8.30. The fraction of sp³-hybridized carbons (Fsp3) is 0.316. The predicted octanol–water partition coefficient (Wildman–Crippen LogP) is 4.09. The molecule has 28 heavy (non-hydrogen) atoms. The summed E-state index contributed by atoms with van der Waals surface area (Å²) >= 11 is 0. The van der Waals surface area contributed by atoms with E-state index in [4.69, 9.17) is 9.47 Å². The third-order valence-electron chi connectivity index (χ3n) is 3.69. The minimum absolute atomic E-state index is 0. The quantitative estimate of drug-likeness (QED) is 0.644. The monoisotopic (exact) mass is 416 g/mol. The van der Waals surface area contributed by atoms with Crippen LogP contribution in [0.25, 0.3) is 0 Å². The number of rotatable bonds is 9. The molecule has 0 aliphatic rings. The summed E-state index contributed by atoms with van der Waals surface area (Å²) in [6.07, 6.45) is 0. The van der Waals surface area contributed by atoms with Crippen LogP contribution >= 0.6 is 12.4 Å². The van der Waals surface area contributed by atoms with Crippen LogP contribution in [0.3, 0.4) is 0 Å². The van der Waals surface area contributed by atoms with Gasteiger partial charge in [0.25, 0.3) is 5.91 Å². The molecular weight excluding hydrogens is 394 g/mol. The minimum atomic E-state index is -3.05. The van der Waals surface area contributed by atoms with Crippen molar-refractivity contribution in [2.75, 3.05) is 26.1 Å². The summed E-state index contributed by atoms with van der Waals surface area (Å²) in [5.74, 6) is -0.753. The number of ether oxygens (including phenoxy) is 3. The van der Waals surface area contributed by atoms with Gasteiger partial charge in [-0.2, -0.15) is 8.78 Å².